The number of thiophene rings is 1. The van der Waals surface area contributed by atoms with Crippen molar-refractivity contribution >= 4 is 44.7 Å². The molecule has 3 aromatic rings. The van der Waals surface area contributed by atoms with Gasteiger partial charge >= 0.3 is 6.03 Å². The van der Waals surface area contributed by atoms with Crippen LogP contribution in [-0.4, -0.2) is 92.0 Å². The predicted molar refractivity (Wildman–Crippen MR) is 180 cm³/mol. The van der Waals surface area contributed by atoms with E-state index in [1.165, 1.54) is 17.0 Å². The van der Waals surface area contributed by atoms with E-state index in [4.69, 9.17) is 14.0 Å². The van der Waals surface area contributed by atoms with Crippen LogP contribution in [0.15, 0.2) is 44.4 Å². The summed E-state index contributed by atoms with van der Waals surface area (Å²) in [6.45, 7) is 9.62. The van der Waals surface area contributed by atoms with Gasteiger partial charge in [-0.1, -0.05) is 18.1 Å². The minimum atomic E-state index is -3.86. The molecular formula is C32H45N5O8S2. The molecular weight excluding hydrogens is 647 g/mol. The lowest BCUT2D eigenvalue weighted by atomic mass is 10.0. The predicted octanol–water partition coefficient (Wildman–Crippen LogP) is 5.11. The van der Waals surface area contributed by atoms with Gasteiger partial charge in [-0.15, -0.1) is 11.3 Å². The Morgan fingerprint density at radius 2 is 2.00 bits per heavy atom. The van der Waals surface area contributed by atoms with Crippen molar-refractivity contribution in [3.05, 3.63) is 52.7 Å². The molecule has 258 valence electrons. The van der Waals surface area contributed by atoms with E-state index in [0.717, 1.165) is 24.2 Å². The van der Waals surface area contributed by atoms with E-state index in [2.05, 4.69) is 15.2 Å². The highest BCUT2D eigenvalue weighted by molar-refractivity contribution is 7.94. The number of nitrogens with zero attached hydrogens (tertiary/aromatic N) is 3. The van der Waals surface area contributed by atoms with Crippen LogP contribution in [0.2, 0.25) is 0 Å². The first-order chi connectivity index (χ1) is 22.3. The van der Waals surface area contributed by atoms with Crippen molar-refractivity contribution in [3.63, 3.8) is 0 Å². The van der Waals surface area contributed by atoms with Crippen molar-refractivity contribution in [1.82, 2.24) is 15.0 Å². The second-order valence-corrected chi connectivity index (χ2v) is 14.9. The monoisotopic (exact) mass is 691 g/mol. The number of likely N-dealkylation sites (N-methyl/N-ethyl adjacent to an activating group) is 1. The molecule has 1 aliphatic heterocycles. The number of aliphatic hydroxyl groups excluding tert-OH is 1. The Hall–Kier alpha value is -3.66. The SMILES string of the molecule is Cc1noc(C)c1NC(=O)N(C)C[C@H]1OCCCC[C@@H](C)Oc2ccc(NS(=O)(=O)c3cccs3)cc2C(=O)N([C@H](C)CO)C[C@H]1C. The van der Waals surface area contributed by atoms with E-state index in [0.29, 0.717) is 35.9 Å². The van der Waals surface area contributed by atoms with Crippen molar-refractivity contribution < 1.29 is 37.1 Å². The number of fused-ring (bicyclic) bond motifs is 1. The zero-order valence-corrected chi connectivity index (χ0v) is 29.3. The highest BCUT2D eigenvalue weighted by atomic mass is 32.2. The van der Waals surface area contributed by atoms with Gasteiger partial charge in [0, 0.05) is 38.3 Å². The van der Waals surface area contributed by atoms with Crippen LogP contribution in [0.5, 0.6) is 5.75 Å². The number of amides is 3. The maximum Gasteiger partial charge on any atom is 0.321 e. The number of rotatable bonds is 8. The molecule has 0 spiro atoms. The van der Waals surface area contributed by atoms with Crippen molar-refractivity contribution in [2.45, 2.75) is 76.3 Å². The van der Waals surface area contributed by atoms with Gasteiger partial charge in [-0.3, -0.25) is 9.52 Å². The van der Waals surface area contributed by atoms with Crippen LogP contribution >= 0.6 is 11.3 Å². The van der Waals surface area contributed by atoms with Crippen LogP contribution < -0.4 is 14.8 Å². The third-order valence-corrected chi connectivity index (χ3v) is 10.9. The number of aliphatic hydroxyl groups is 1. The minimum Gasteiger partial charge on any atom is -0.490 e. The fraction of sp³-hybridized carbons (Fsp3) is 0.531. The lowest BCUT2D eigenvalue weighted by Crippen LogP contribution is -2.48. The average molecular weight is 692 g/mol. The van der Waals surface area contributed by atoms with E-state index in [9.17, 15) is 23.1 Å². The van der Waals surface area contributed by atoms with Crippen molar-refractivity contribution in [1.29, 1.82) is 0 Å². The summed E-state index contributed by atoms with van der Waals surface area (Å²) >= 11 is 1.09. The normalized spacial score (nSPS) is 20.4. The molecule has 0 fully saturated rings. The van der Waals surface area contributed by atoms with E-state index in [-0.39, 0.29) is 53.2 Å². The maximum absolute atomic E-state index is 14.3. The fourth-order valence-electron chi connectivity index (χ4n) is 5.29. The Labute approximate surface area is 280 Å². The molecule has 3 amide bonds. The number of sulfonamides is 1. The minimum absolute atomic E-state index is 0.148. The molecule has 2 aromatic heterocycles. The van der Waals surface area contributed by atoms with Crippen LogP contribution in [-0.2, 0) is 14.8 Å². The maximum atomic E-state index is 14.3. The first kappa shape index (κ1) is 36.2. The standard InChI is InChI=1S/C32H45N5O8S2/c1-20-17-37(21(2)19-38)31(39)26-16-25(35-47(41,42)29-11-9-15-46-29)12-13-27(26)44-22(3)10-7-8-14-43-28(20)18-36(6)32(40)33-30-23(4)34-45-24(30)5/h9,11-13,15-16,20-22,28,35,38H,7-8,10,14,17-19H2,1-6H3,(H,33,40)/t20-,21-,22-,28-/m1/s1. The fourth-order valence-corrected chi connectivity index (χ4v) is 7.33. The van der Waals surface area contributed by atoms with Gasteiger partial charge in [-0.05, 0) is 76.6 Å². The summed E-state index contributed by atoms with van der Waals surface area (Å²) in [5.41, 5.74) is 1.46. The highest BCUT2D eigenvalue weighted by Gasteiger charge is 2.31. The van der Waals surface area contributed by atoms with Gasteiger partial charge in [0.25, 0.3) is 15.9 Å². The van der Waals surface area contributed by atoms with Crippen LogP contribution in [0.25, 0.3) is 0 Å². The van der Waals surface area contributed by atoms with Crippen LogP contribution in [0.4, 0.5) is 16.2 Å². The quantitative estimate of drug-likeness (QED) is 0.291. The summed E-state index contributed by atoms with van der Waals surface area (Å²) in [7, 11) is -2.20. The molecule has 47 heavy (non-hydrogen) atoms. The van der Waals surface area contributed by atoms with E-state index >= 15 is 0 Å². The van der Waals surface area contributed by atoms with Crippen LogP contribution in [0, 0.1) is 19.8 Å². The number of ether oxygens (including phenoxy) is 2. The average Bonchev–Trinajstić information content (AvgIpc) is 3.69. The largest absolute Gasteiger partial charge is 0.490 e. The zero-order valence-electron chi connectivity index (χ0n) is 27.7. The Bertz CT molecular complexity index is 1590. The first-order valence-electron chi connectivity index (χ1n) is 15.7. The van der Waals surface area contributed by atoms with Crippen molar-refractivity contribution in [2.75, 3.05) is 43.4 Å². The van der Waals surface area contributed by atoms with Gasteiger partial charge in [0.15, 0.2) is 5.76 Å². The summed E-state index contributed by atoms with van der Waals surface area (Å²) < 4.78 is 46.4. The second kappa shape index (κ2) is 16.0. The lowest BCUT2D eigenvalue weighted by Gasteiger charge is -2.35. The summed E-state index contributed by atoms with van der Waals surface area (Å²) in [5, 5.41) is 18.6. The van der Waals surface area contributed by atoms with Crippen molar-refractivity contribution in [3.8, 4) is 5.75 Å². The molecule has 0 unspecified atom stereocenters. The summed E-state index contributed by atoms with van der Waals surface area (Å²) in [5.74, 6) is 0.122. The van der Waals surface area contributed by atoms with Gasteiger partial charge in [0.05, 0.1) is 30.4 Å². The number of urea groups is 1. The van der Waals surface area contributed by atoms with Crippen molar-refractivity contribution in [2.24, 2.45) is 5.92 Å². The smallest absolute Gasteiger partial charge is 0.321 e. The van der Waals surface area contributed by atoms with Gasteiger partial charge < -0.3 is 34.2 Å². The molecule has 1 aromatic carbocycles. The number of carbonyl (C=O) groups is 2. The second-order valence-electron chi connectivity index (χ2n) is 12.1. The molecule has 13 nitrogen and oxygen atoms in total. The lowest BCUT2D eigenvalue weighted by molar-refractivity contribution is -0.0115. The number of carbonyl (C=O) groups excluding carboxylic acids is 2. The summed E-state index contributed by atoms with van der Waals surface area (Å²) in [6, 6.07) is 6.86. The molecule has 3 N–H and O–H groups in total. The molecule has 3 heterocycles. The van der Waals surface area contributed by atoms with Crippen LogP contribution in [0.3, 0.4) is 0 Å². The molecule has 1 aliphatic rings. The molecule has 0 aliphatic carbocycles. The topological polar surface area (TPSA) is 164 Å². The third-order valence-electron chi connectivity index (χ3n) is 8.13. The number of benzene rings is 1. The Morgan fingerprint density at radius 1 is 1.23 bits per heavy atom. The molecule has 4 rings (SSSR count). The van der Waals surface area contributed by atoms with E-state index in [1.54, 1.807) is 56.3 Å². The van der Waals surface area contributed by atoms with E-state index in [1.807, 2.05) is 13.8 Å². The van der Waals surface area contributed by atoms with Gasteiger partial charge in [0.1, 0.15) is 21.3 Å². The molecule has 0 radical (unpaired) electrons. The molecule has 0 bridgehead atoms. The summed E-state index contributed by atoms with van der Waals surface area (Å²) in [6.07, 6.45) is 1.57. The number of nitrogens with one attached hydrogen (secondary N) is 2. The highest BCUT2D eigenvalue weighted by Crippen LogP contribution is 2.30. The summed E-state index contributed by atoms with van der Waals surface area (Å²) in [4.78, 5) is 30.5. The van der Waals surface area contributed by atoms with Gasteiger partial charge in [-0.2, -0.15) is 0 Å². The molecule has 4 atom stereocenters. The Kier molecular flexibility index (Phi) is 12.3. The third kappa shape index (κ3) is 9.24. The first-order valence-corrected chi connectivity index (χ1v) is 18.0. The Balaban J connectivity index is 1.62. The van der Waals surface area contributed by atoms with Gasteiger partial charge in [-0.25, -0.2) is 13.2 Å². The molecule has 15 heteroatoms. The zero-order chi connectivity index (χ0) is 34.3. The van der Waals surface area contributed by atoms with E-state index < -0.39 is 28.1 Å². The number of aryl methyl sites for hydroxylation is 2. The Morgan fingerprint density at radius 3 is 2.66 bits per heavy atom. The number of hydrogen-bond donors (Lipinski definition) is 3. The number of anilines is 2. The van der Waals surface area contributed by atoms with Gasteiger partial charge in [0.2, 0.25) is 0 Å². The molecule has 0 saturated heterocycles. The number of hydrogen-bond acceptors (Lipinski definition) is 10. The number of aromatic nitrogens is 1. The molecule has 0 saturated carbocycles. The van der Waals surface area contributed by atoms with Crippen LogP contribution in [0.1, 0.15) is 61.8 Å².